The number of ether oxygens (including phenoxy) is 9. The Hall–Kier alpha value is -6.98. The first-order valence-electron chi connectivity index (χ1n) is 20.1. The number of esters is 7. The van der Waals surface area contributed by atoms with Crippen LogP contribution in [0, 0.1) is 0 Å². The van der Waals surface area contributed by atoms with Crippen LogP contribution in [0.1, 0.15) is 73.1 Å². The number of aliphatic hydroxyl groups excluding tert-OH is 3. The molecule has 3 aliphatic rings. The number of aliphatic imine (C=N–C) groups is 2. The van der Waals surface area contributed by atoms with Gasteiger partial charge in [-0.05, 0) is 20.8 Å². The van der Waals surface area contributed by atoms with Gasteiger partial charge >= 0.3 is 59.7 Å². The van der Waals surface area contributed by atoms with E-state index in [1.165, 1.54) is 13.8 Å². The molecule has 0 spiro atoms. The third-order valence-electron chi connectivity index (χ3n) is 6.79. The van der Waals surface area contributed by atoms with E-state index in [1.54, 1.807) is 13.8 Å². The van der Waals surface area contributed by atoms with E-state index in [4.69, 9.17) is 59.1 Å². The molecule has 0 aliphatic carbocycles. The molecule has 1 saturated heterocycles. The zero-order chi connectivity index (χ0) is 52.6. The van der Waals surface area contributed by atoms with Crippen LogP contribution < -0.4 is 0 Å². The Bertz CT molecular complexity index is 1690. The third-order valence-corrected chi connectivity index (χ3v) is 6.79. The average molecular weight is 987 g/mol. The fraction of sp³-hybridized carbons (Fsp3) is 0.641. The fourth-order valence-corrected chi connectivity index (χ4v) is 3.49. The van der Waals surface area contributed by atoms with Gasteiger partial charge in [0.05, 0.1) is 52.2 Å². The first-order chi connectivity index (χ1) is 32.0. The number of hydrogen-bond donors (Lipinski definition) is 6. The summed E-state index contributed by atoms with van der Waals surface area (Å²) < 4.78 is 42.2. The largest absolute Gasteiger partial charge is 0.481 e. The Morgan fingerprint density at radius 2 is 1.10 bits per heavy atom. The van der Waals surface area contributed by atoms with E-state index in [2.05, 4.69) is 24.2 Å². The molecule has 0 saturated carbocycles. The van der Waals surface area contributed by atoms with Gasteiger partial charge in [0.15, 0.2) is 24.9 Å². The van der Waals surface area contributed by atoms with Gasteiger partial charge < -0.3 is 73.3 Å². The molecular formula is C39H58N2O27. The number of aliphatic carboxylic acids is 3. The summed E-state index contributed by atoms with van der Waals surface area (Å²) >= 11 is 0. The minimum Gasteiger partial charge on any atom is -0.481 e. The van der Waals surface area contributed by atoms with E-state index in [-0.39, 0.29) is 52.1 Å². The van der Waals surface area contributed by atoms with E-state index < -0.39 is 122 Å². The van der Waals surface area contributed by atoms with Gasteiger partial charge in [-0.25, -0.2) is 34.0 Å². The number of carboxylic acid groups (broad SMARTS) is 3. The zero-order valence-electron chi connectivity index (χ0n) is 37.9. The Balaban J connectivity index is -0.000000930. The molecule has 3 heterocycles. The fourth-order valence-electron chi connectivity index (χ4n) is 3.49. The molecule has 0 aromatic heterocycles. The Morgan fingerprint density at radius 1 is 0.603 bits per heavy atom. The highest BCUT2D eigenvalue weighted by atomic mass is 16.6. The highest BCUT2D eigenvalue weighted by Crippen LogP contribution is 2.05. The Labute approximate surface area is 387 Å². The number of cyclic esters (lactones) is 2. The van der Waals surface area contributed by atoms with E-state index in [1.807, 2.05) is 0 Å². The zero-order valence-corrected chi connectivity index (χ0v) is 37.9. The van der Waals surface area contributed by atoms with E-state index in [9.17, 15) is 57.5 Å². The molecule has 3 unspecified atom stereocenters. The average Bonchev–Trinajstić information content (AvgIpc) is 4.12. The van der Waals surface area contributed by atoms with Crippen molar-refractivity contribution in [1.82, 2.24) is 0 Å². The Kier molecular flexibility index (Phi) is 38.7. The summed E-state index contributed by atoms with van der Waals surface area (Å²) in [6, 6.07) is 0. The summed E-state index contributed by atoms with van der Waals surface area (Å²) in [4.78, 5) is 137. The van der Waals surface area contributed by atoms with Gasteiger partial charge in [0.2, 0.25) is 11.6 Å². The number of ketones is 2. The number of nitrogens with zero attached hydrogens (tertiary/aromatic N) is 2. The van der Waals surface area contributed by atoms with Crippen LogP contribution in [0.15, 0.2) is 9.98 Å². The molecule has 6 N–H and O–H groups in total. The van der Waals surface area contributed by atoms with Crippen molar-refractivity contribution in [3.05, 3.63) is 0 Å². The smallest absolute Gasteiger partial charge is 0.347 e. The lowest BCUT2D eigenvalue weighted by atomic mass is 10.1. The van der Waals surface area contributed by atoms with Gasteiger partial charge in [0.25, 0.3) is 11.8 Å². The van der Waals surface area contributed by atoms with Crippen molar-refractivity contribution in [3.63, 3.8) is 0 Å². The number of carboxylic acids is 3. The van der Waals surface area contributed by atoms with Crippen molar-refractivity contribution in [3.8, 4) is 0 Å². The molecule has 0 aromatic rings. The molecule has 0 amide bonds. The molecule has 3 aliphatic heterocycles. The second kappa shape index (κ2) is 40.3. The van der Waals surface area contributed by atoms with Crippen LogP contribution in [-0.4, -0.2) is 205 Å². The van der Waals surface area contributed by atoms with Crippen LogP contribution in [-0.2, 0) is 100 Å². The van der Waals surface area contributed by atoms with E-state index in [0.717, 1.165) is 20.0 Å². The first kappa shape index (κ1) is 65.3. The van der Waals surface area contributed by atoms with Crippen LogP contribution in [0.3, 0.4) is 0 Å². The first-order valence-corrected chi connectivity index (χ1v) is 20.1. The van der Waals surface area contributed by atoms with Gasteiger partial charge in [0, 0.05) is 19.3 Å². The summed E-state index contributed by atoms with van der Waals surface area (Å²) in [7, 11) is 0. The standard InChI is InChI=1S/C19H26O13.C6H8N2O2.C5H8O5.C4H4O3.C3H6O2.C2H6O2/c1-4-15(23)32-12(3)19(27)30-10-16(24)29-8-7-28-9-17(25)31-11(2)18(26)13(20)5-6-14(21)22;1-3-9-5(7-1)6-8-2-4-10-6;1-3(5(8)9)10-4(7)2-6;5-3-1-2-4(6)7-3;1-2-3(4)5;3-1-2-4/h11-12H,4-10H2,1-3H3,(H,21,22);1-4H2;3,6H,2H2,1H3,(H,8,9);1-2H2;2H2,1H3,(H,4,5);3-4H,1-2H2. The van der Waals surface area contributed by atoms with E-state index >= 15 is 0 Å². The summed E-state index contributed by atoms with van der Waals surface area (Å²) in [5.41, 5.74) is 0. The predicted octanol–water partition coefficient (Wildman–Crippen LogP) is -2.49. The number of rotatable bonds is 22. The van der Waals surface area contributed by atoms with Crippen molar-refractivity contribution >= 4 is 83.1 Å². The second-order valence-corrected chi connectivity index (χ2v) is 12.4. The molecular weight excluding hydrogens is 928 g/mol. The lowest BCUT2D eigenvalue weighted by Crippen LogP contribution is -2.32. The van der Waals surface area contributed by atoms with Gasteiger partial charge in [-0.3, -0.25) is 33.6 Å². The summed E-state index contributed by atoms with van der Waals surface area (Å²) in [5, 5.41) is 47.7. The molecule has 0 bridgehead atoms. The second-order valence-electron chi connectivity index (χ2n) is 12.4. The van der Waals surface area contributed by atoms with Crippen LogP contribution in [0.25, 0.3) is 0 Å². The molecule has 0 aromatic carbocycles. The normalized spacial score (nSPS) is 13.9. The summed E-state index contributed by atoms with van der Waals surface area (Å²) in [6.07, 6.45) is -3.97. The molecule has 68 heavy (non-hydrogen) atoms. The van der Waals surface area contributed by atoms with Crippen LogP contribution in [0.2, 0.25) is 0 Å². The molecule has 29 heteroatoms. The van der Waals surface area contributed by atoms with Crippen molar-refractivity contribution in [2.45, 2.75) is 91.5 Å². The van der Waals surface area contributed by atoms with Gasteiger partial charge in [-0.1, -0.05) is 13.8 Å². The van der Waals surface area contributed by atoms with Crippen LogP contribution in [0.4, 0.5) is 0 Å². The third kappa shape index (κ3) is 37.3. The number of hydrogen-bond acceptors (Lipinski definition) is 26. The lowest BCUT2D eigenvalue weighted by molar-refractivity contribution is -0.171. The van der Waals surface area contributed by atoms with E-state index in [0.29, 0.717) is 25.0 Å². The van der Waals surface area contributed by atoms with Crippen molar-refractivity contribution in [2.24, 2.45) is 9.98 Å². The van der Waals surface area contributed by atoms with Crippen LogP contribution >= 0.6 is 0 Å². The maximum Gasteiger partial charge on any atom is 0.347 e. The molecule has 3 atom stereocenters. The number of aliphatic hydroxyl groups is 3. The minimum absolute atomic E-state index is 0.0767. The van der Waals surface area contributed by atoms with Gasteiger partial charge in [-0.15, -0.1) is 0 Å². The topological polar surface area (TPSA) is 434 Å². The maximum absolute atomic E-state index is 11.7. The maximum atomic E-state index is 11.7. The predicted molar refractivity (Wildman–Crippen MR) is 220 cm³/mol. The minimum atomic E-state index is -1.40. The lowest BCUT2D eigenvalue weighted by Gasteiger charge is -2.12. The molecule has 386 valence electrons. The number of carbonyl (C=O) groups excluding carboxylic acids is 9. The summed E-state index contributed by atoms with van der Waals surface area (Å²) in [6.45, 7) is 6.72. The molecule has 29 nitrogen and oxygen atoms in total. The van der Waals surface area contributed by atoms with Crippen molar-refractivity contribution < 1.29 is 131 Å². The molecule has 3 rings (SSSR count). The quantitative estimate of drug-likeness (QED) is 0.0215. The number of carbonyl (C=O) groups is 12. The van der Waals surface area contributed by atoms with Gasteiger partial charge in [0.1, 0.15) is 33.0 Å². The SMILES string of the molecule is C1COC(C2=NCCO2)=N1.CC(OC(=O)CO)C(=O)O.CCC(=O)O.CCC(=O)OC(C)C(=O)OCC(=O)OCCOCC(=O)OC(C)C(=O)C(=O)CCC(=O)O.O=C1CCC(=O)O1.OCCO. The highest BCUT2D eigenvalue weighted by Gasteiger charge is 2.25. The van der Waals surface area contributed by atoms with Gasteiger partial charge in [-0.2, -0.15) is 0 Å². The Morgan fingerprint density at radius 3 is 1.49 bits per heavy atom. The monoisotopic (exact) mass is 986 g/mol. The highest BCUT2D eigenvalue weighted by molar-refractivity contribution is 6.39. The molecule has 0 radical (unpaired) electrons. The van der Waals surface area contributed by atoms with Crippen molar-refractivity contribution in [2.75, 3.05) is 72.6 Å². The van der Waals surface area contributed by atoms with Crippen LogP contribution in [0.5, 0.6) is 0 Å². The summed E-state index contributed by atoms with van der Waals surface area (Å²) in [5.74, 6) is -9.20. The number of Topliss-reactive ketones (excluding diaryl/α,β-unsaturated/α-hetero) is 2. The molecule has 1 fully saturated rings. The van der Waals surface area contributed by atoms with Crippen molar-refractivity contribution in [1.29, 1.82) is 0 Å².